The van der Waals surface area contributed by atoms with Gasteiger partial charge in [-0.2, -0.15) is 0 Å². The van der Waals surface area contributed by atoms with Gasteiger partial charge in [-0.05, 0) is 0 Å². The molecule has 0 N–H and O–H groups in total. The van der Waals surface area contributed by atoms with E-state index in [2.05, 4.69) is 0 Å². The molecule has 0 saturated carbocycles. The molecule has 0 fully saturated rings. The Morgan fingerprint density at radius 3 is 1.29 bits per heavy atom. The van der Waals surface area contributed by atoms with Crippen molar-refractivity contribution >= 4 is 104 Å². The summed E-state index contributed by atoms with van der Waals surface area (Å²) in [7, 11) is -2.15. The molecule has 0 aliphatic carbocycles. The highest BCUT2D eigenvalue weighted by atomic mass is 35.6. The van der Waals surface area contributed by atoms with Crippen molar-refractivity contribution < 1.29 is 4.21 Å². The molecule has 1 aromatic rings. The first-order valence-electron chi connectivity index (χ1n) is 3.59. The van der Waals surface area contributed by atoms with Crippen molar-refractivity contribution in [3.63, 3.8) is 0 Å². The molecule has 1 rings (SSSR count). The van der Waals surface area contributed by atoms with Crippen LogP contribution >= 0.6 is 92.8 Å². The number of hydrogen-bond donors (Lipinski definition) is 0. The second kappa shape index (κ2) is 5.99. The van der Waals surface area contributed by atoms with E-state index in [-0.39, 0.29) is 30.0 Å². The molecule has 0 aromatic heterocycles. The molecule has 17 heavy (non-hydrogen) atoms. The average molecular weight is 416 g/mol. The van der Waals surface area contributed by atoms with Crippen molar-refractivity contribution in [1.82, 2.24) is 0 Å². The molecule has 96 valence electrons. The summed E-state index contributed by atoms with van der Waals surface area (Å²) in [5.41, 5.74) is 0. The summed E-state index contributed by atoms with van der Waals surface area (Å²) < 4.78 is 9.79. The van der Waals surface area contributed by atoms with Crippen LogP contribution in [0.25, 0.3) is 0 Å². The summed E-state index contributed by atoms with van der Waals surface area (Å²) in [6.07, 6.45) is 0. The lowest BCUT2D eigenvalue weighted by Gasteiger charge is -2.15. The largest absolute Gasteiger partial charge is 0.270 e. The monoisotopic (exact) mass is 412 g/mol. The van der Waals surface area contributed by atoms with Gasteiger partial charge < -0.3 is 0 Å². The van der Waals surface area contributed by atoms with Crippen LogP contribution in [0, 0.1) is 0 Å². The Morgan fingerprint density at radius 2 is 1.00 bits per heavy atom. The minimum Gasteiger partial charge on any atom is -0.250 e. The number of benzene rings is 1. The van der Waals surface area contributed by atoms with Crippen LogP contribution in [0.4, 0.5) is 0 Å². The Bertz CT molecular complexity index is 465. The topological polar surface area (TPSA) is 17.1 Å². The Hall–Kier alpha value is 1.69. The van der Waals surface area contributed by atoms with E-state index in [1.807, 2.05) is 0 Å². The van der Waals surface area contributed by atoms with E-state index in [1.54, 1.807) is 0 Å². The van der Waals surface area contributed by atoms with Gasteiger partial charge in [-0.1, -0.05) is 92.8 Å². The fraction of sp³-hybridized carbons (Fsp3) is 0.143. The first kappa shape index (κ1) is 16.7. The summed E-state index contributed by atoms with van der Waals surface area (Å²) in [6, 6.07) is 0. The summed E-state index contributed by atoms with van der Waals surface area (Å²) in [6.45, 7) is 0. The standard InChI is InChI=1S/C7Cl8OS/c8-1-2(9)4(11)6(5(12)3(1)10)17(16)7(13,14)15. The number of rotatable bonds is 1. The second-order valence-electron chi connectivity index (χ2n) is 2.61. The Balaban J connectivity index is 3.62. The SMILES string of the molecule is O=S(c1c(Cl)c(Cl)c(Cl)c(Cl)c1Cl)C(Cl)(Cl)Cl. The lowest BCUT2D eigenvalue weighted by atomic mass is 10.3. The normalized spacial score (nSPS) is 13.9. The van der Waals surface area contributed by atoms with Gasteiger partial charge in [0.25, 0.3) is 3.12 Å². The molecule has 10 heteroatoms. The van der Waals surface area contributed by atoms with E-state index in [0.717, 1.165) is 0 Å². The van der Waals surface area contributed by atoms with E-state index >= 15 is 0 Å². The fourth-order valence-corrected chi connectivity index (χ4v) is 3.99. The van der Waals surface area contributed by atoms with Gasteiger partial charge in [0, 0.05) is 0 Å². The van der Waals surface area contributed by atoms with E-state index in [0.29, 0.717) is 0 Å². The van der Waals surface area contributed by atoms with Crippen molar-refractivity contribution in [2.24, 2.45) is 0 Å². The van der Waals surface area contributed by atoms with Crippen LogP contribution in [0.3, 0.4) is 0 Å². The van der Waals surface area contributed by atoms with Crippen molar-refractivity contribution in [1.29, 1.82) is 0 Å². The molecule has 0 radical (unpaired) electrons. The highest BCUT2D eigenvalue weighted by Crippen LogP contribution is 2.48. The van der Waals surface area contributed by atoms with Crippen molar-refractivity contribution in [2.45, 2.75) is 8.02 Å². The van der Waals surface area contributed by atoms with Crippen LogP contribution in [0.2, 0.25) is 25.1 Å². The Morgan fingerprint density at radius 1 is 0.706 bits per heavy atom. The van der Waals surface area contributed by atoms with Crippen molar-refractivity contribution in [3.8, 4) is 0 Å². The molecular weight excluding hydrogens is 416 g/mol. The van der Waals surface area contributed by atoms with Gasteiger partial charge in [0.15, 0.2) is 0 Å². The maximum absolute atomic E-state index is 11.9. The van der Waals surface area contributed by atoms with E-state index in [1.165, 1.54) is 0 Å². The van der Waals surface area contributed by atoms with Gasteiger partial charge in [-0.25, -0.2) is 4.21 Å². The molecule has 0 bridgehead atoms. The average Bonchev–Trinajstić information content (AvgIpc) is 2.22. The van der Waals surface area contributed by atoms with Gasteiger partial charge in [0.2, 0.25) is 0 Å². The molecule has 0 aliphatic heterocycles. The van der Waals surface area contributed by atoms with Crippen LogP contribution in [-0.2, 0) is 10.8 Å². The molecule has 1 atom stereocenters. The first-order valence-corrected chi connectivity index (χ1v) is 7.76. The van der Waals surface area contributed by atoms with E-state index in [9.17, 15) is 4.21 Å². The van der Waals surface area contributed by atoms with Crippen LogP contribution < -0.4 is 0 Å². The zero-order valence-electron chi connectivity index (χ0n) is 7.34. The predicted molar refractivity (Wildman–Crippen MR) is 78.2 cm³/mol. The Labute approximate surface area is 140 Å². The zero-order chi connectivity index (χ0) is 13.5. The van der Waals surface area contributed by atoms with Crippen molar-refractivity contribution in [2.75, 3.05) is 0 Å². The minimum absolute atomic E-state index is 0.0617. The summed E-state index contributed by atoms with van der Waals surface area (Å²) in [4.78, 5) is -0.173. The summed E-state index contributed by atoms with van der Waals surface area (Å²) in [5, 5.41) is -0.625. The third-order valence-electron chi connectivity index (χ3n) is 1.57. The first-order chi connectivity index (χ1) is 7.59. The molecule has 1 aromatic carbocycles. The number of alkyl halides is 3. The highest BCUT2D eigenvalue weighted by molar-refractivity contribution is 7.91. The van der Waals surface area contributed by atoms with Crippen LogP contribution in [0.1, 0.15) is 0 Å². The van der Waals surface area contributed by atoms with Gasteiger partial charge in [-0.15, -0.1) is 0 Å². The Kier molecular flexibility index (Phi) is 5.90. The van der Waals surface area contributed by atoms with E-state index < -0.39 is 13.9 Å². The van der Waals surface area contributed by atoms with Crippen LogP contribution in [-0.4, -0.2) is 7.33 Å². The van der Waals surface area contributed by atoms with Crippen LogP contribution in [0.5, 0.6) is 0 Å². The quantitative estimate of drug-likeness (QED) is 0.295. The molecule has 0 saturated heterocycles. The number of halogens is 8. The molecule has 0 heterocycles. The third kappa shape index (κ3) is 3.42. The minimum atomic E-state index is -2.15. The fourth-order valence-electron chi connectivity index (χ4n) is 0.863. The van der Waals surface area contributed by atoms with Gasteiger partial charge in [0.05, 0.1) is 30.0 Å². The van der Waals surface area contributed by atoms with Crippen LogP contribution in [0.15, 0.2) is 4.90 Å². The predicted octanol–water partition coefficient (Wildman–Crippen LogP) is 6.39. The second-order valence-corrected chi connectivity index (χ2v) is 9.01. The molecule has 0 spiro atoms. The van der Waals surface area contributed by atoms with E-state index in [4.69, 9.17) is 92.8 Å². The molecule has 0 aliphatic rings. The van der Waals surface area contributed by atoms with Gasteiger partial charge >= 0.3 is 0 Å². The maximum atomic E-state index is 11.9. The van der Waals surface area contributed by atoms with Crippen molar-refractivity contribution in [3.05, 3.63) is 25.1 Å². The zero-order valence-corrected chi connectivity index (χ0v) is 14.2. The summed E-state index contributed by atoms with van der Waals surface area (Å²) in [5.74, 6) is 0. The number of hydrogen-bond acceptors (Lipinski definition) is 1. The third-order valence-corrected chi connectivity index (χ3v) is 6.53. The smallest absolute Gasteiger partial charge is 0.250 e. The lowest BCUT2D eigenvalue weighted by Crippen LogP contribution is -2.13. The lowest BCUT2D eigenvalue weighted by molar-refractivity contribution is 0.683. The highest BCUT2D eigenvalue weighted by Gasteiger charge is 2.35. The maximum Gasteiger partial charge on any atom is 0.270 e. The molecule has 1 unspecified atom stereocenters. The molecule has 1 nitrogen and oxygen atoms in total. The van der Waals surface area contributed by atoms with Gasteiger partial charge in [-0.3, -0.25) is 0 Å². The van der Waals surface area contributed by atoms with Gasteiger partial charge in [0.1, 0.15) is 10.8 Å². The molecular formula is C7Cl8OS. The summed E-state index contributed by atoms with van der Waals surface area (Å²) >= 11 is 45.5. The molecule has 0 amide bonds.